The van der Waals surface area contributed by atoms with E-state index in [1.807, 2.05) is 66.7 Å². The summed E-state index contributed by atoms with van der Waals surface area (Å²) in [5.41, 5.74) is 4.39. The van der Waals surface area contributed by atoms with Crippen molar-refractivity contribution in [2.24, 2.45) is 0 Å². The number of carbonyl (C=O) groups excluding carboxylic acids is 1. The second kappa shape index (κ2) is 10.1. The summed E-state index contributed by atoms with van der Waals surface area (Å²) < 4.78 is 0. The number of hydrogen-bond acceptors (Lipinski definition) is 6. The Hall–Kier alpha value is -5.51. The highest BCUT2D eigenvalue weighted by atomic mass is 16.4. The number of amides is 1. The smallest absolute Gasteiger partial charge is 0.326 e. The van der Waals surface area contributed by atoms with E-state index in [-0.39, 0.29) is 12.1 Å². The Morgan fingerprint density at radius 3 is 2.64 bits per heavy atom. The number of carbonyl (C=O) groups is 2. The highest BCUT2D eigenvalue weighted by Gasteiger charge is 2.22. The number of H-pyrrole nitrogens is 2. The zero-order chi connectivity index (χ0) is 26.8. The summed E-state index contributed by atoms with van der Waals surface area (Å²) in [5, 5.41) is 24.3. The fourth-order valence-electron chi connectivity index (χ4n) is 4.41. The van der Waals surface area contributed by atoms with E-state index < -0.39 is 17.9 Å². The molecular formula is C29H23N7O3. The van der Waals surface area contributed by atoms with Crippen LogP contribution >= 0.6 is 0 Å². The molecule has 6 aromatic rings. The van der Waals surface area contributed by atoms with Gasteiger partial charge in [0.2, 0.25) is 0 Å². The summed E-state index contributed by atoms with van der Waals surface area (Å²) >= 11 is 0. The Labute approximate surface area is 222 Å². The van der Waals surface area contributed by atoms with E-state index in [0.29, 0.717) is 17.2 Å². The van der Waals surface area contributed by atoms with Crippen LogP contribution in [0.5, 0.6) is 0 Å². The monoisotopic (exact) mass is 517 g/mol. The molecule has 0 spiro atoms. The number of aromatic nitrogens is 5. The zero-order valence-corrected chi connectivity index (χ0v) is 20.6. The predicted octanol–water partition coefficient (Wildman–Crippen LogP) is 4.67. The summed E-state index contributed by atoms with van der Waals surface area (Å²) in [6.07, 6.45) is 3.62. The minimum Gasteiger partial charge on any atom is -0.480 e. The van der Waals surface area contributed by atoms with Crippen LogP contribution in [0.1, 0.15) is 16.1 Å². The third kappa shape index (κ3) is 5.16. The Morgan fingerprint density at radius 1 is 0.923 bits per heavy atom. The largest absolute Gasteiger partial charge is 0.480 e. The van der Waals surface area contributed by atoms with Crippen LogP contribution < -0.4 is 10.6 Å². The maximum atomic E-state index is 12.9. The van der Waals surface area contributed by atoms with Gasteiger partial charge in [-0.1, -0.05) is 42.5 Å². The predicted molar refractivity (Wildman–Crippen MR) is 148 cm³/mol. The van der Waals surface area contributed by atoms with Crippen molar-refractivity contribution >= 4 is 45.2 Å². The molecule has 5 N–H and O–H groups in total. The molecule has 3 aromatic heterocycles. The van der Waals surface area contributed by atoms with E-state index in [2.05, 4.69) is 35.8 Å². The fourth-order valence-corrected chi connectivity index (χ4v) is 4.41. The number of aliphatic carboxylic acids is 1. The summed E-state index contributed by atoms with van der Waals surface area (Å²) in [6.45, 7) is 0. The van der Waals surface area contributed by atoms with Gasteiger partial charge in [0.05, 0.1) is 11.7 Å². The van der Waals surface area contributed by atoms with Gasteiger partial charge in [-0.3, -0.25) is 9.89 Å². The van der Waals surface area contributed by atoms with Crippen molar-refractivity contribution in [3.63, 3.8) is 0 Å². The number of rotatable bonds is 8. The van der Waals surface area contributed by atoms with Crippen molar-refractivity contribution in [1.29, 1.82) is 0 Å². The third-order valence-electron chi connectivity index (χ3n) is 6.38. The number of hydrogen-bond donors (Lipinski definition) is 5. The standard InChI is InChI=1S/C29H23N7O3/c37-28(34-25(29(38)39)12-17-4-2-1-3-5-17)24-14-18-6-7-19(15-23(18)33-24)27-30-11-10-26(35-27)32-21-8-9-22-20(13-21)16-31-36-22/h1-11,13-16,25,33H,12H2,(H,31,36)(H,34,37)(H,38,39)(H,30,32,35). The SMILES string of the molecule is O=C(NC(Cc1ccccc1)C(=O)O)c1cc2ccc(-c3nccc(Nc4ccc5[nH]ncc5c4)n3)cc2[nH]1. The molecule has 0 aliphatic rings. The zero-order valence-electron chi connectivity index (χ0n) is 20.6. The summed E-state index contributed by atoms with van der Waals surface area (Å²) in [7, 11) is 0. The molecule has 0 aliphatic heterocycles. The van der Waals surface area contributed by atoms with Crippen LogP contribution in [-0.2, 0) is 11.2 Å². The van der Waals surface area contributed by atoms with Crippen LogP contribution in [0.2, 0.25) is 0 Å². The molecule has 0 aliphatic carbocycles. The van der Waals surface area contributed by atoms with Gasteiger partial charge >= 0.3 is 5.97 Å². The molecule has 6 rings (SSSR count). The van der Waals surface area contributed by atoms with Crippen molar-refractivity contribution in [3.8, 4) is 11.4 Å². The Bertz CT molecular complexity index is 1810. The van der Waals surface area contributed by atoms with E-state index in [9.17, 15) is 14.7 Å². The number of aromatic amines is 2. The molecular weight excluding hydrogens is 494 g/mol. The number of anilines is 2. The van der Waals surface area contributed by atoms with Gasteiger partial charge in [0, 0.05) is 40.2 Å². The van der Waals surface area contributed by atoms with Gasteiger partial charge in [-0.25, -0.2) is 14.8 Å². The number of fused-ring (bicyclic) bond motifs is 2. The maximum Gasteiger partial charge on any atom is 0.326 e. The van der Waals surface area contributed by atoms with E-state index in [0.717, 1.165) is 33.1 Å². The molecule has 10 nitrogen and oxygen atoms in total. The number of nitrogens with zero attached hydrogens (tertiary/aromatic N) is 3. The first kappa shape index (κ1) is 23.9. The number of benzene rings is 3. The molecule has 192 valence electrons. The Morgan fingerprint density at radius 2 is 1.79 bits per heavy atom. The van der Waals surface area contributed by atoms with Crippen molar-refractivity contribution in [1.82, 2.24) is 30.5 Å². The quantitative estimate of drug-likeness (QED) is 0.197. The van der Waals surface area contributed by atoms with Crippen LogP contribution in [0.4, 0.5) is 11.5 Å². The lowest BCUT2D eigenvalue weighted by molar-refractivity contribution is -0.139. The molecule has 1 unspecified atom stereocenters. The molecule has 0 radical (unpaired) electrons. The minimum atomic E-state index is -1.10. The lowest BCUT2D eigenvalue weighted by Crippen LogP contribution is -2.42. The molecule has 1 atom stereocenters. The highest BCUT2D eigenvalue weighted by Crippen LogP contribution is 2.25. The topological polar surface area (TPSA) is 149 Å². The van der Waals surface area contributed by atoms with Crippen molar-refractivity contribution in [2.75, 3.05) is 5.32 Å². The summed E-state index contributed by atoms with van der Waals surface area (Å²) in [6, 6.07) is 23.1. The maximum absolute atomic E-state index is 12.9. The van der Waals surface area contributed by atoms with Gasteiger partial charge in [0.15, 0.2) is 5.82 Å². The first-order valence-corrected chi connectivity index (χ1v) is 12.3. The minimum absolute atomic E-state index is 0.184. The Balaban J connectivity index is 1.20. The molecule has 1 amide bonds. The van der Waals surface area contributed by atoms with Crippen molar-refractivity contribution in [3.05, 3.63) is 103 Å². The molecule has 0 saturated carbocycles. The van der Waals surface area contributed by atoms with Crippen LogP contribution in [0.25, 0.3) is 33.2 Å². The third-order valence-corrected chi connectivity index (χ3v) is 6.38. The van der Waals surface area contributed by atoms with E-state index in [1.54, 1.807) is 24.5 Å². The highest BCUT2D eigenvalue weighted by molar-refractivity contribution is 6.00. The van der Waals surface area contributed by atoms with Gasteiger partial charge in [-0.2, -0.15) is 5.10 Å². The molecule has 0 bridgehead atoms. The van der Waals surface area contributed by atoms with Gasteiger partial charge in [-0.05, 0) is 42.0 Å². The van der Waals surface area contributed by atoms with E-state index in [4.69, 9.17) is 0 Å². The van der Waals surface area contributed by atoms with Gasteiger partial charge in [-0.15, -0.1) is 0 Å². The van der Waals surface area contributed by atoms with Crippen molar-refractivity contribution in [2.45, 2.75) is 12.5 Å². The van der Waals surface area contributed by atoms with Crippen LogP contribution in [0.3, 0.4) is 0 Å². The molecule has 3 heterocycles. The number of carboxylic acid groups (broad SMARTS) is 1. The summed E-state index contributed by atoms with van der Waals surface area (Å²) in [5.74, 6) is -0.442. The van der Waals surface area contributed by atoms with Gasteiger partial charge < -0.3 is 20.7 Å². The van der Waals surface area contributed by atoms with Crippen LogP contribution in [-0.4, -0.2) is 48.2 Å². The Kier molecular flexibility index (Phi) is 6.18. The molecule has 10 heteroatoms. The second-order valence-electron chi connectivity index (χ2n) is 9.10. The van der Waals surface area contributed by atoms with E-state index >= 15 is 0 Å². The lowest BCUT2D eigenvalue weighted by Gasteiger charge is -2.14. The fraction of sp³-hybridized carbons (Fsp3) is 0.0690. The molecule has 0 fully saturated rings. The summed E-state index contributed by atoms with van der Waals surface area (Å²) in [4.78, 5) is 36.9. The second-order valence-corrected chi connectivity index (χ2v) is 9.10. The van der Waals surface area contributed by atoms with E-state index in [1.165, 1.54) is 0 Å². The van der Waals surface area contributed by atoms with Gasteiger partial charge in [0.1, 0.15) is 17.6 Å². The first-order valence-electron chi connectivity index (χ1n) is 12.3. The van der Waals surface area contributed by atoms with Crippen LogP contribution in [0.15, 0.2) is 91.3 Å². The molecule has 39 heavy (non-hydrogen) atoms. The number of carboxylic acids is 1. The lowest BCUT2D eigenvalue weighted by atomic mass is 10.1. The van der Waals surface area contributed by atoms with Crippen LogP contribution in [0, 0.1) is 0 Å². The van der Waals surface area contributed by atoms with Crippen molar-refractivity contribution < 1.29 is 14.7 Å². The molecule has 3 aromatic carbocycles. The first-order chi connectivity index (χ1) is 19.0. The number of nitrogens with one attached hydrogen (secondary N) is 4. The molecule has 0 saturated heterocycles. The average Bonchev–Trinajstić information content (AvgIpc) is 3.60. The van der Waals surface area contributed by atoms with Gasteiger partial charge in [0.25, 0.3) is 5.91 Å². The normalized spacial score (nSPS) is 11.9. The average molecular weight is 518 g/mol.